The number of carbonyl (C=O) groups is 2. The average molecular weight is 471 g/mol. The molecule has 3 aromatic rings. The van der Waals surface area contributed by atoms with Gasteiger partial charge in [-0.05, 0) is 47.5 Å². The Balaban J connectivity index is 1.43. The Morgan fingerprint density at radius 2 is 1.71 bits per heavy atom. The van der Waals surface area contributed by atoms with E-state index in [-0.39, 0.29) is 24.6 Å². The second-order valence-electron chi connectivity index (χ2n) is 7.70. The predicted octanol–water partition coefficient (Wildman–Crippen LogP) is 4.99. The number of carboxylic acids is 1. The van der Waals surface area contributed by atoms with E-state index in [4.69, 9.17) is 9.84 Å². The molecule has 9 heteroatoms. The van der Waals surface area contributed by atoms with Gasteiger partial charge >= 0.3 is 12.3 Å². The monoisotopic (exact) mass is 471 g/mol. The van der Waals surface area contributed by atoms with Gasteiger partial charge < -0.3 is 19.5 Å². The van der Waals surface area contributed by atoms with Crippen LogP contribution in [0.15, 0.2) is 66.7 Å². The number of carboxylic acid groups (broad SMARTS) is 1. The lowest BCUT2D eigenvalue weighted by molar-refractivity contribution is -0.274. The van der Waals surface area contributed by atoms with Gasteiger partial charge in [0.05, 0.1) is 19.6 Å². The summed E-state index contributed by atoms with van der Waals surface area (Å²) < 4.78 is 47.0. The number of fused-ring (bicyclic) bond motifs is 1. The van der Waals surface area contributed by atoms with Crippen LogP contribution in [0.25, 0.3) is 0 Å². The Hall–Kier alpha value is -4.01. The van der Waals surface area contributed by atoms with E-state index in [9.17, 15) is 22.8 Å². The molecule has 1 aliphatic heterocycles. The fraction of sp³-hybridized carbons (Fsp3) is 0.200. The summed E-state index contributed by atoms with van der Waals surface area (Å²) in [5.41, 5.74) is 3.25. The lowest BCUT2D eigenvalue weighted by Crippen LogP contribution is -2.23. The van der Waals surface area contributed by atoms with Gasteiger partial charge in [-0.2, -0.15) is 0 Å². The molecule has 34 heavy (non-hydrogen) atoms. The van der Waals surface area contributed by atoms with Crippen LogP contribution in [-0.4, -0.2) is 30.0 Å². The molecule has 0 bridgehead atoms. The highest BCUT2D eigenvalue weighted by Crippen LogP contribution is 2.35. The summed E-state index contributed by atoms with van der Waals surface area (Å²) in [7, 11) is 0. The molecule has 176 valence electrons. The van der Waals surface area contributed by atoms with Crippen molar-refractivity contribution in [1.29, 1.82) is 0 Å². The fourth-order valence-electron chi connectivity index (χ4n) is 3.82. The third-order valence-corrected chi connectivity index (χ3v) is 5.30. The van der Waals surface area contributed by atoms with E-state index < -0.39 is 12.3 Å². The van der Waals surface area contributed by atoms with Gasteiger partial charge in [0.25, 0.3) is 5.91 Å². The molecule has 0 spiro atoms. The Bertz CT molecular complexity index is 1210. The van der Waals surface area contributed by atoms with E-state index in [1.165, 1.54) is 17.0 Å². The van der Waals surface area contributed by atoms with Gasteiger partial charge in [-0.3, -0.25) is 9.59 Å². The molecular weight excluding hydrogens is 451 g/mol. The van der Waals surface area contributed by atoms with Crippen molar-refractivity contribution < 1.29 is 37.3 Å². The largest absolute Gasteiger partial charge is 0.573 e. The van der Waals surface area contributed by atoms with Crippen molar-refractivity contribution in [1.82, 2.24) is 0 Å². The van der Waals surface area contributed by atoms with Crippen molar-refractivity contribution in [2.45, 2.75) is 25.7 Å². The number of hydrogen-bond acceptors (Lipinski definition) is 4. The van der Waals surface area contributed by atoms with Gasteiger partial charge in [0.2, 0.25) is 0 Å². The van der Waals surface area contributed by atoms with E-state index in [2.05, 4.69) is 4.74 Å². The maximum Gasteiger partial charge on any atom is 0.573 e. The number of alkyl halides is 3. The fourth-order valence-corrected chi connectivity index (χ4v) is 3.82. The molecule has 0 saturated heterocycles. The van der Waals surface area contributed by atoms with Gasteiger partial charge in [-0.25, -0.2) is 0 Å². The summed E-state index contributed by atoms with van der Waals surface area (Å²) in [4.78, 5) is 25.3. The second-order valence-corrected chi connectivity index (χ2v) is 7.70. The molecule has 0 unspecified atom stereocenters. The summed E-state index contributed by atoms with van der Waals surface area (Å²) in [5.74, 6) is -0.986. The highest BCUT2D eigenvalue weighted by atomic mass is 19.4. The third kappa shape index (κ3) is 5.48. The van der Waals surface area contributed by atoms with Crippen LogP contribution in [0.4, 0.5) is 18.9 Å². The van der Waals surface area contributed by atoms with Gasteiger partial charge in [0.15, 0.2) is 0 Å². The number of rotatable bonds is 8. The molecule has 1 amide bonds. The SMILES string of the molecule is O=C(O)Cc1cccc(CCOc2cccc3c2CN(c2ccc(OC(F)(F)F)cc2)C3=O)c1. The lowest BCUT2D eigenvalue weighted by Gasteiger charge is -2.17. The van der Waals surface area contributed by atoms with Crippen LogP contribution in [0.3, 0.4) is 0 Å². The molecule has 0 aromatic heterocycles. The van der Waals surface area contributed by atoms with Crippen LogP contribution in [0.1, 0.15) is 27.0 Å². The maximum absolute atomic E-state index is 12.9. The first kappa shape index (κ1) is 23.2. The third-order valence-electron chi connectivity index (χ3n) is 5.30. The average Bonchev–Trinajstić information content (AvgIpc) is 3.10. The first-order chi connectivity index (χ1) is 16.2. The zero-order chi connectivity index (χ0) is 24.3. The first-order valence-corrected chi connectivity index (χ1v) is 10.4. The quantitative estimate of drug-likeness (QED) is 0.501. The summed E-state index contributed by atoms with van der Waals surface area (Å²) in [6, 6.07) is 17.5. The van der Waals surface area contributed by atoms with Crippen LogP contribution >= 0.6 is 0 Å². The number of halogens is 3. The second kappa shape index (κ2) is 9.46. The van der Waals surface area contributed by atoms with Crippen LogP contribution in [0.2, 0.25) is 0 Å². The number of ether oxygens (including phenoxy) is 2. The molecule has 1 aliphatic rings. The molecule has 1 N–H and O–H groups in total. The number of benzene rings is 3. The molecule has 1 heterocycles. The Morgan fingerprint density at radius 3 is 2.41 bits per heavy atom. The molecule has 0 radical (unpaired) electrons. The van der Waals surface area contributed by atoms with Crippen molar-refractivity contribution >= 4 is 17.6 Å². The Kier molecular flexibility index (Phi) is 6.45. The van der Waals surface area contributed by atoms with Crippen molar-refractivity contribution in [2.75, 3.05) is 11.5 Å². The number of anilines is 1. The minimum atomic E-state index is -4.79. The highest BCUT2D eigenvalue weighted by molar-refractivity contribution is 6.10. The maximum atomic E-state index is 12.9. The zero-order valence-corrected chi connectivity index (χ0v) is 17.8. The zero-order valence-electron chi connectivity index (χ0n) is 17.8. The van der Waals surface area contributed by atoms with E-state index in [1.807, 2.05) is 12.1 Å². The smallest absolute Gasteiger partial charge is 0.493 e. The summed E-state index contributed by atoms with van der Waals surface area (Å²) in [6.45, 7) is 0.544. The van der Waals surface area contributed by atoms with Gasteiger partial charge in [-0.1, -0.05) is 30.3 Å². The molecule has 0 atom stereocenters. The molecule has 0 saturated carbocycles. The van der Waals surface area contributed by atoms with Crippen LogP contribution in [0, 0.1) is 0 Å². The first-order valence-electron chi connectivity index (χ1n) is 10.4. The van der Waals surface area contributed by atoms with Crippen LogP contribution in [-0.2, 0) is 24.2 Å². The van der Waals surface area contributed by atoms with E-state index in [0.29, 0.717) is 41.2 Å². The van der Waals surface area contributed by atoms with Crippen molar-refractivity contribution in [3.63, 3.8) is 0 Å². The van der Waals surface area contributed by atoms with Crippen molar-refractivity contribution in [3.8, 4) is 11.5 Å². The van der Waals surface area contributed by atoms with Gasteiger partial charge in [-0.15, -0.1) is 13.2 Å². The van der Waals surface area contributed by atoms with Gasteiger partial charge in [0, 0.05) is 23.2 Å². The molecule has 0 aliphatic carbocycles. The summed E-state index contributed by atoms with van der Waals surface area (Å²) >= 11 is 0. The van der Waals surface area contributed by atoms with Gasteiger partial charge in [0.1, 0.15) is 11.5 Å². The number of hydrogen-bond donors (Lipinski definition) is 1. The molecule has 6 nitrogen and oxygen atoms in total. The van der Waals surface area contributed by atoms with Crippen LogP contribution in [0.5, 0.6) is 11.5 Å². The minimum absolute atomic E-state index is 0.0534. The number of nitrogens with zero attached hydrogens (tertiary/aromatic N) is 1. The highest BCUT2D eigenvalue weighted by Gasteiger charge is 2.33. The molecule has 4 rings (SSSR count). The standard InChI is InChI=1S/C25H20F3NO5/c26-25(27,28)34-19-9-7-18(8-10-19)29-15-21-20(24(29)32)5-2-6-22(21)33-12-11-16-3-1-4-17(13-16)14-23(30)31/h1-10,13H,11-12,14-15H2,(H,30,31). The van der Waals surface area contributed by atoms with E-state index in [0.717, 1.165) is 17.7 Å². The topological polar surface area (TPSA) is 76.1 Å². The Morgan fingerprint density at radius 1 is 1.00 bits per heavy atom. The normalized spacial score (nSPS) is 13.0. The minimum Gasteiger partial charge on any atom is -0.493 e. The van der Waals surface area contributed by atoms with Crippen molar-refractivity contribution in [3.05, 3.63) is 89.0 Å². The van der Waals surface area contributed by atoms with E-state index >= 15 is 0 Å². The lowest BCUT2D eigenvalue weighted by atomic mass is 10.1. The molecule has 3 aromatic carbocycles. The molecular formula is C25H20F3NO5. The van der Waals surface area contributed by atoms with Crippen LogP contribution < -0.4 is 14.4 Å². The number of carbonyl (C=O) groups excluding carboxylic acids is 1. The number of aliphatic carboxylic acids is 1. The summed E-state index contributed by atoms with van der Waals surface area (Å²) in [6.07, 6.45) is -4.29. The molecule has 0 fully saturated rings. The number of amides is 1. The van der Waals surface area contributed by atoms with E-state index in [1.54, 1.807) is 30.3 Å². The Labute approximate surface area is 193 Å². The predicted molar refractivity (Wildman–Crippen MR) is 117 cm³/mol. The van der Waals surface area contributed by atoms with Crippen molar-refractivity contribution in [2.24, 2.45) is 0 Å². The summed E-state index contributed by atoms with van der Waals surface area (Å²) in [5, 5.41) is 8.95.